The van der Waals surface area contributed by atoms with Gasteiger partial charge in [0.15, 0.2) is 0 Å². The van der Waals surface area contributed by atoms with Crippen molar-refractivity contribution in [3.63, 3.8) is 0 Å². The molecule has 110 valence electrons. The van der Waals surface area contributed by atoms with E-state index in [4.69, 9.17) is 11.5 Å². The summed E-state index contributed by atoms with van der Waals surface area (Å²) in [6, 6.07) is 8.02. The van der Waals surface area contributed by atoms with Crippen LogP contribution in [0, 0.1) is 27.7 Å². The summed E-state index contributed by atoms with van der Waals surface area (Å²) in [4.78, 5) is 0. The van der Waals surface area contributed by atoms with Gasteiger partial charge in [-0.1, -0.05) is 12.1 Å². The van der Waals surface area contributed by atoms with Crippen molar-refractivity contribution in [3.8, 4) is 11.1 Å². The van der Waals surface area contributed by atoms with Crippen LogP contribution in [-0.4, -0.2) is 0 Å². The average Bonchev–Trinajstić information content (AvgIpc) is 2.36. The van der Waals surface area contributed by atoms with Crippen LogP contribution in [0.2, 0.25) is 0 Å². The summed E-state index contributed by atoms with van der Waals surface area (Å²) in [5.41, 5.74) is 20.9. The summed E-state index contributed by atoms with van der Waals surface area (Å²) in [5.74, 6) is 0. The normalized spacial score (nSPS) is 9.60. The predicted molar refractivity (Wildman–Crippen MR) is 94.1 cm³/mol. The monoisotopic (exact) mass is 312 g/mol. The Hall–Kier alpha value is -1.38. The van der Waals surface area contributed by atoms with Crippen LogP contribution in [0.25, 0.3) is 11.1 Å². The van der Waals surface area contributed by atoms with Crippen LogP contribution in [0.4, 0.5) is 11.4 Å². The maximum atomic E-state index is 6.13. The molecule has 0 saturated carbocycles. The molecule has 2 nitrogen and oxygen atoms in total. The van der Waals surface area contributed by atoms with Gasteiger partial charge in [-0.05, 0) is 73.2 Å². The average molecular weight is 313 g/mol. The highest BCUT2D eigenvalue weighted by Gasteiger charge is 2.13. The molecule has 0 aromatic heterocycles. The zero-order valence-corrected chi connectivity index (χ0v) is 13.9. The first-order valence-corrected chi connectivity index (χ1v) is 6.15. The minimum Gasteiger partial charge on any atom is -0.399 e. The fraction of sp³-hybridized carbons (Fsp3) is 0.250. The molecule has 0 fully saturated rings. The van der Waals surface area contributed by atoms with Crippen molar-refractivity contribution in [3.05, 3.63) is 46.5 Å². The van der Waals surface area contributed by atoms with Crippen LogP contribution in [0.5, 0.6) is 0 Å². The molecule has 0 heterocycles. The van der Waals surface area contributed by atoms with Gasteiger partial charge in [0, 0.05) is 11.4 Å². The molecule has 0 atom stereocenters. The molecule has 4 N–H and O–H groups in total. The van der Waals surface area contributed by atoms with Gasteiger partial charge in [-0.15, -0.1) is 24.8 Å². The van der Waals surface area contributed by atoms with E-state index >= 15 is 0 Å². The van der Waals surface area contributed by atoms with Crippen molar-refractivity contribution >= 4 is 36.2 Å². The Labute approximate surface area is 133 Å². The molecule has 2 aromatic carbocycles. The summed E-state index contributed by atoms with van der Waals surface area (Å²) in [7, 11) is 0. The predicted octanol–water partition coefficient (Wildman–Crippen LogP) is 4.60. The maximum Gasteiger partial charge on any atom is 0.0379 e. The quantitative estimate of drug-likeness (QED) is 0.756. The number of nitrogen functional groups attached to an aromatic ring is 2. The molecule has 0 radical (unpaired) electrons. The van der Waals surface area contributed by atoms with Crippen molar-refractivity contribution in [1.82, 2.24) is 0 Å². The van der Waals surface area contributed by atoms with Crippen LogP contribution in [-0.2, 0) is 0 Å². The first-order valence-electron chi connectivity index (χ1n) is 6.15. The van der Waals surface area contributed by atoms with Gasteiger partial charge in [-0.25, -0.2) is 0 Å². The molecule has 0 amide bonds. The van der Waals surface area contributed by atoms with Crippen molar-refractivity contribution in [2.75, 3.05) is 11.5 Å². The van der Waals surface area contributed by atoms with E-state index in [0.29, 0.717) is 0 Å². The summed E-state index contributed by atoms with van der Waals surface area (Å²) < 4.78 is 0. The van der Waals surface area contributed by atoms with Crippen LogP contribution in [0.3, 0.4) is 0 Å². The fourth-order valence-electron chi connectivity index (χ4n) is 2.42. The largest absolute Gasteiger partial charge is 0.399 e. The standard InChI is InChI=1S/C16H20N2.2ClH/c1-9-11(3)16(18)12(4)10(2)15(9)13-5-7-14(17)8-6-13;;/h5-8H,17-18H2,1-4H3;2*1H. The SMILES string of the molecule is Cc1c(C)c(-c2ccc(N)cc2)c(C)c(C)c1N.Cl.Cl. The van der Waals surface area contributed by atoms with Crippen LogP contribution in [0.1, 0.15) is 22.3 Å². The Bertz CT molecular complexity index is 576. The molecule has 0 unspecified atom stereocenters. The lowest BCUT2D eigenvalue weighted by Crippen LogP contribution is -2.02. The summed E-state index contributed by atoms with van der Waals surface area (Å²) >= 11 is 0. The first-order chi connectivity index (χ1) is 8.43. The number of halogens is 2. The highest BCUT2D eigenvalue weighted by molar-refractivity contribution is 5.85. The van der Waals surface area contributed by atoms with Crippen molar-refractivity contribution in [1.29, 1.82) is 0 Å². The first kappa shape index (κ1) is 18.6. The molecule has 0 aliphatic carbocycles. The Morgan fingerprint density at radius 2 is 1.05 bits per heavy atom. The third-order valence-corrected chi connectivity index (χ3v) is 3.88. The van der Waals surface area contributed by atoms with Gasteiger partial charge in [0.1, 0.15) is 0 Å². The summed E-state index contributed by atoms with van der Waals surface area (Å²) in [6.07, 6.45) is 0. The second-order valence-corrected chi connectivity index (χ2v) is 4.91. The zero-order valence-electron chi connectivity index (χ0n) is 12.3. The summed E-state index contributed by atoms with van der Waals surface area (Å²) in [5, 5.41) is 0. The van der Waals surface area contributed by atoms with Gasteiger partial charge in [0.05, 0.1) is 0 Å². The molecule has 2 rings (SSSR count). The van der Waals surface area contributed by atoms with E-state index in [0.717, 1.165) is 11.4 Å². The zero-order chi connectivity index (χ0) is 13.4. The maximum absolute atomic E-state index is 6.13. The molecule has 0 spiro atoms. The van der Waals surface area contributed by atoms with E-state index in [2.05, 4.69) is 39.8 Å². The number of rotatable bonds is 1. The van der Waals surface area contributed by atoms with Crippen molar-refractivity contribution < 1.29 is 0 Å². The Morgan fingerprint density at radius 1 is 0.650 bits per heavy atom. The number of benzene rings is 2. The van der Waals surface area contributed by atoms with Gasteiger partial charge < -0.3 is 11.5 Å². The second-order valence-electron chi connectivity index (χ2n) is 4.91. The second kappa shape index (κ2) is 6.87. The van der Waals surface area contributed by atoms with Gasteiger partial charge in [-0.2, -0.15) is 0 Å². The van der Waals surface area contributed by atoms with Crippen LogP contribution in [0.15, 0.2) is 24.3 Å². The minimum atomic E-state index is 0. The van der Waals surface area contributed by atoms with Gasteiger partial charge >= 0.3 is 0 Å². The van der Waals surface area contributed by atoms with Gasteiger partial charge in [0.25, 0.3) is 0 Å². The van der Waals surface area contributed by atoms with Crippen LogP contribution >= 0.6 is 24.8 Å². The van der Waals surface area contributed by atoms with Crippen LogP contribution < -0.4 is 11.5 Å². The lowest BCUT2D eigenvalue weighted by atomic mass is 9.88. The van der Waals surface area contributed by atoms with Crippen molar-refractivity contribution in [2.24, 2.45) is 0 Å². The third kappa shape index (κ3) is 3.02. The molecule has 20 heavy (non-hydrogen) atoms. The van der Waals surface area contributed by atoms with Gasteiger partial charge in [-0.3, -0.25) is 0 Å². The van der Waals surface area contributed by atoms with E-state index in [1.807, 2.05) is 12.1 Å². The topological polar surface area (TPSA) is 52.0 Å². The molecular formula is C16H22Cl2N2. The molecule has 0 saturated heterocycles. The number of hydrogen-bond donors (Lipinski definition) is 2. The lowest BCUT2D eigenvalue weighted by Gasteiger charge is -2.18. The number of anilines is 2. The molecule has 2 aromatic rings. The molecule has 0 aliphatic rings. The third-order valence-electron chi connectivity index (χ3n) is 3.88. The lowest BCUT2D eigenvalue weighted by molar-refractivity contribution is 1.25. The number of nitrogens with two attached hydrogens (primary N) is 2. The minimum absolute atomic E-state index is 0. The van der Waals surface area contributed by atoms with Gasteiger partial charge in [0.2, 0.25) is 0 Å². The van der Waals surface area contributed by atoms with E-state index in [1.54, 1.807) is 0 Å². The summed E-state index contributed by atoms with van der Waals surface area (Å²) in [6.45, 7) is 8.42. The fourth-order valence-corrected chi connectivity index (χ4v) is 2.42. The smallest absolute Gasteiger partial charge is 0.0379 e. The van der Waals surface area contributed by atoms with E-state index in [-0.39, 0.29) is 24.8 Å². The molecule has 0 aliphatic heterocycles. The Kier molecular flexibility index (Phi) is 6.39. The Morgan fingerprint density at radius 3 is 1.45 bits per heavy atom. The highest BCUT2D eigenvalue weighted by atomic mass is 35.5. The van der Waals surface area contributed by atoms with Crippen molar-refractivity contribution in [2.45, 2.75) is 27.7 Å². The molecule has 4 heteroatoms. The molecule has 0 bridgehead atoms. The highest BCUT2D eigenvalue weighted by Crippen LogP contribution is 2.35. The van der Waals surface area contributed by atoms with E-state index < -0.39 is 0 Å². The number of hydrogen-bond acceptors (Lipinski definition) is 2. The Balaban J connectivity index is 0.00000180. The van der Waals surface area contributed by atoms with E-state index in [9.17, 15) is 0 Å². The molecular weight excluding hydrogens is 291 g/mol. The van der Waals surface area contributed by atoms with E-state index in [1.165, 1.54) is 33.4 Å².